The Kier molecular flexibility index (Phi) is 4.85. The minimum atomic E-state index is -1.69. The predicted molar refractivity (Wildman–Crippen MR) is 64.6 cm³/mol. The van der Waals surface area contributed by atoms with Crippen LogP contribution in [0.2, 0.25) is 0 Å². The highest BCUT2D eigenvalue weighted by Crippen LogP contribution is 2.29. The fourth-order valence-electron chi connectivity index (χ4n) is 1.73. The quantitative estimate of drug-likeness (QED) is 0.798. The van der Waals surface area contributed by atoms with Gasteiger partial charge in [-0.1, -0.05) is 12.1 Å². The second kappa shape index (κ2) is 6.16. The standard InChI is InChI=1S/C13H16O5/c1-3-18-10-6-4-5-9(7-8(2)14)11(10)12(15)13(16)17/h4-6,12,15H,3,7H2,1-2H3,(H,16,17). The number of carbonyl (C=O) groups is 2. The number of aliphatic hydroxyl groups is 1. The van der Waals surface area contributed by atoms with Crippen molar-refractivity contribution in [3.63, 3.8) is 0 Å². The molecule has 0 aliphatic rings. The largest absolute Gasteiger partial charge is 0.493 e. The van der Waals surface area contributed by atoms with Gasteiger partial charge >= 0.3 is 5.97 Å². The minimum Gasteiger partial charge on any atom is -0.493 e. The number of aliphatic hydroxyl groups excluding tert-OH is 1. The molecule has 0 fully saturated rings. The highest BCUT2D eigenvalue weighted by atomic mass is 16.5. The van der Waals surface area contributed by atoms with Gasteiger partial charge in [-0.3, -0.25) is 4.79 Å². The molecule has 5 heteroatoms. The third-order valence-corrected chi connectivity index (χ3v) is 2.40. The van der Waals surface area contributed by atoms with E-state index in [4.69, 9.17) is 9.84 Å². The lowest BCUT2D eigenvalue weighted by molar-refractivity contribution is -0.147. The second-order valence-corrected chi connectivity index (χ2v) is 3.88. The first-order chi connectivity index (χ1) is 8.47. The fraction of sp³-hybridized carbons (Fsp3) is 0.385. The molecule has 0 heterocycles. The second-order valence-electron chi connectivity index (χ2n) is 3.88. The molecule has 1 aromatic rings. The lowest BCUT2D eigenvalue weighted by Crippen LogP contribution is -2.15. The number of rotatable bonds is 6. The van der Waals surface area contributed by atoms with Crippen LogP contribution < -0.4 is 4.74 Å². The van der Waals surface area contributed by atoms with Crippen LogP contribution in [-0.4, -0.2) is 28.6 Å². The molecule has 0 aliphatic carbocycles. The van der Waals surface area contributed by atoms with Gasteiger partial charge in [0.2, 0.25) is 0 Å². The summed E-state index contributed by atoms with van der Waals surface area (Å²) in [5, 5.41) is 18.6. The van der Waals surface area contributed by atoms with E-state index in [1.807, 2.05) is 0 Å². The van der Waals surface area contributed by atoms with Crippen molar-refractivity contribution in [2.24, 2.45) is 0 Å². The van der Waals surface area contributed by atoms with Gasteiger partial charge in [0, 0.05) is 12.0 Å². The van der Waals surface area contributed by atoms with Gasteiger partial charge < -0.3 is 14.9 Å². The summed E-state index contributed by atoms with van der Waals surface area (Å²) < 4.78 is 5.30. The monoisotopic (exact) mass is 252 g/mol. The fourth-order valence-corrected chi connectivity index (χ4v) is 1.73. The van der Waals surface area contributed by atoms with Crippen molar-refractivity contribution in [3.05, 3.63) is 29.3 Å². The summed E-state index contributed by atoms with van der Waals surface area (Å²) in [5.41, 5.74) is 0.630. The van der Waals surface area contributed by atoms with Gasteiger partial charge in [0.15, 0.2) is 6.10 Å². The Hall–Kier alpha value is -1.88. The van der Waals surface area contributed by atoms with E-state index in [-0.39, 0.29) is 17.8 Å². The molecule has 2 N–H and O–H groups in total. The van der Waals surface area contributed by atoms with Crippen LogP contribution in [0.1, 0.15) is 31.1 Å². The molecule has 1 rings (SSSR count). The number of benzene rings is 1. The summed E-state index contributed by atoms with van der Waals surface area (Å²) in [6.45, 7) is 3.52. The zero-order valence-corrected chi connectivity index (χ0v) is 10.3. The van der Waals surface area contributed by atoms with Crippen molar-refractivity contribution in [2.45, 2.75) is 26.4 Å². The first-order valence-electron chi connectivity index (χ1n) is 5.62. The zero-order chi connectivity index (χ0) is 13.7. The highest BCUT2D eigenvalue weighted by molar-refractivity contribution is 5.81. The highest BCUT2D eigenvalue weighted by Gasteiger charge is 2.24. The summed E-state index contributed by atoms with van der Waals surface area (Å²) in [6, 6.07) is 4.86. The van der Waals surface area contributed by atoms with E-state index < -0.39 is 12.1 Å². The first kappa shape index (κ1) is 14.2. The number of carbonyl (C=O) groups excluding carboxylic acids is 1. The SMILES string of the molecule is CCOc1cccc(CC(C)=O)c1C(O)C(=O)O. The number of hydrogen-bond acceptors (Lipinski definition) is 4. The molecule has 1 unspecified atom stereocenters. The maximum atomic E-state index is 11.2. The Morgan fingerprint density at radius 1 is 1.39 bits per heavy atom. The van der Waals surface area contributed by atoms with Crippen molar-refractivity contribution in [3.8, 4) is 5.75 Å². The maximum absolute atomic E-state index is 11.2. The third kappa shape index (κ3) is 3.30. The van der Waals surface area contributed by atoms with Crippen molar-refractivity contribution in [2.75, 3.05) is 6.61 Å². The molecule has 0 amide bonds. The van der Waals surface area contributed by atoms with Crippen molar-refractivity contribution in [1.82, 2.24) is 0 Å². The summed E-state index contributed by atoms with van der Waals surface area (Å²) in [5.74, 6) is -1.18. The van der Waals surface area contributed by atoms with Gasteiger partial charge in [0.25, 0.3) is 0 Å². The predicted octanol–water partition coefficient (Wildman–Crippen LogP) is 1.33. The lowest BCUT2D eigenvalue weighted by Gasteiger charge is -2.16. The van der Waals surface area contributed by atoms with Crippen LogP contribution in [0.5, 0.6) is 5.75 Å². The summed E-state index contributed by atoms with van der Waals surface area (Å²) in [6.07, 6.45) is -1.62. The number of hydrogen-bond donors (Lipinski definition) is 2. The molecule has 18 heavy (non-hydrogen) atoms. The van der Waals surface area contributed by atoms with E-state index in [2.05, 4.69) is 0 Å². The molecule has 0 aliphatic heterocycles. The van der Waals surface area contributed by atoms with Crippen LogP contribution in [0.25, 0.3) is 0 Å². The Bertz CT molecular complexity index is 453. The van der Waals surface area contributed by atoms with Crippen molar-refractivity contribution >= 4 is 11.8 Å². The van der Waals surface area contributed by atoms with Crippen LogP contribution in [0.4, 0.5) is 0 Å². The summed E-state index contributed by atoms with van der Waals surface area (Å²) in [7, 11) is 0. The van der Waals surface area contributed by atoms with Crippen molar-refractivity contribution < 1.29 is 24.5 Å². The van der Waals surface area contributed by atoms with E-state index in [9.17, 15) is 14.7 Å². The van der Waals surface area contributed by atoms with Crippen LogP contribution in [0.15, 0.2) is 18.2 Å². The summed E-state index contributed by atoms with van der Waals surface area (Å²) >= 11 is 0. The van der Waals surface area contributed by atoms with Gasteiger partial charge in [-0.25, -0.2) is 4.79 Å². The number of ether oxygens (including phenoxy) is 1. The zero-order valence-electron chi connectivity index (χ0n) is 10.3. The molecular weight excluding hydrogens is 236 g/mol. The molecule has 0 saturated carbocycles. The Labute approximate surface area is 105 Å². The number of carboxylic acid groups (broad SMARTS) is 1. The smallest absolute Gasteiger partial charge is 0.337 e. The van der Waals surface area contributed by atoms with Crippen LogP contribution in [-0.2, 0) is 16.0 Å². The molecule has 0 aromatic heterocycles. The first-order valence-corrected chi connectivity index (χ1v) is 5.62. The van der Waals surface area contributed by atoms with Gasteiger partial charge in [-0.05, 0) is 25.5 Å². The van der Waals surface area contributed by atoms with E-state index >= 15 is 0 Å². The number of carboxylic acids is 1. The number of aliphatic carboxylic acids is 1. The maximum Gasteiger partial charge on any atom is 0.337 e. The van der Waals surface area contributed by atoms with Crippen molar-refractivity contribution in [1.29, 1.82) is 0 Å². The molecule has 5 nitrogen and oxygen atoms in total. The van der Waals surface area contributed by atoms with E-state index in [1.165, 1.54) is 6.92 Å². The molecule has 1 aromatic carbocycles. The Balaban J connectivity index is 3.28. The van der Waals surface area contributed by atoms with Gasteiger partial charge in [0.1, 0.15) is 11.5 Å². The minimum absolute atomic E-state index is 0.0700. The molecule has 0 bridgehead atoms. The van der Waals surface area contributed by atoms with Gasteiger partial charge in [0.05, 0.1) is 6.61 Å². The van der Waals surface area contributed by atoms with E-state index in [0.717, 1.165) is 0 Å². The van der Waals surface area contributed by atoms with Gasteiger partial charge in [-0.15, -0.1) is 0 Å². The lowest BCUT2D eigenvalue weighted by atomic mass is 9.97. The molecule has 0 spiro atoms. The van der Waals surface area contributed by atoms with E-state index in [1.54, 1.807) is 25.1 Å². The van der Waals surface area contributed by atoms with Crippen LogP contribution in [0.3, 0.4) is 0 Å². The van der Waals surface area contributed by atoms with Crippen LogP contribution >= 0.6 is 0 Å². The summed E-state index contributed by atoms with van der Waals surface area (Å²) in [4.78, 5) is 22.1. The normalized spacial score (nSPS) is 11.9. The van der Waals surface area contributed by atoms with Crippen LogP contribution in [0, 0.1) is 0 Å². The Morgan fingerprint density at radius 3 is 2.56 bits per heavy atom. The Morgan fingerprint density at radius 2 is 2.06 bits per heavy atom. The topological polar surface area (TPSA) is 83.8 Å². The third-order valence-electron chi connectivity index (χ3n) is 2.40. The molecular formula is C13H16O5. The van der Waals surface area contributed by atoms with E-state index in [0.29, 0.717) is 17.9 Å². The van der Waals surface area contributed by atoms with Gasteiger partial charge in [-0.2, -0.15) is 0 Å². The molecule has 98 valence electrons. The average Bonchev–Trinajstić information content (AvgIpc) is 2.28. The number of ketones is 1. The molecule has 0 saturated heterocycles. The molecule has 0 radical (unpaired) electrons. The number of Topliss-reactive ketones (excluding diaryl/α,β-unsaturated/α-hetero) is 1. The average molecular weight is 252 g/mol. The molecule has 1 atom stereocenters.